The van der Waals surface area contributed by atoms with Crippen molar-refractivity contribution in [2.45, 2.75) is 22.5 Å². The molecule has 0 N–H and O–H groups in total. The summed E-state index contributed by atoms with van der Waals surface area (Å²) in [5.41, 5.74) is 0. The van der Waals surface area contributed by atoms with Gasteiger partial charge in [-0.15, -0.1) is 11.8 Å². The van der Waals surface area contributed by atoms with Gasteiger partial charge in [0, 0.05) is 17.7 Å². The standard InChI is InChI=1S/C11H8FNOS/c12-8-1-3-10(4-2-8)15-11(7-13)5-9(14)6-11/h1-4H,5-6H2. The molecule has 1 aromatic rings. The highest BCUT2D eigenvalue weighted by Gasteiger charge is 2.44. The molecule has 1 aliphatic rings. The molecule has 76 valence electrons. The summed E-state index contributed by atoms with van der Waals surface area (Å²) >= 11 is 1.34. The van der Waals surface area contributed by atoms with Crippen molar-refractivity contribution in [2.75, 3.05) is 0 Å². The van der Waals surface area contributed by atoms with Gasteiger partial charge in [0.25, 0.3) is 0 Å². The van der Waals surface area contributed by atoms with Crippen LogP contribution in [0.25, 0.3) is 0 Å². The van der Waals surface area contributed by atoms with Crippen LogP contribution in [-0.4, -0.2) is 10.5 Å². The maximum Gasteiger partial charge on any atom is 0.137 e. The van der Waals surface area contributed by atoms with Crippen LogP contribution >= 0.6 is 11.8 Å². The van der Waals surface area contributed by atoms with E-state index < -0.39 is 4.75 Å². The normalized spacial score (nSPS) is 18.0. The van der Waals surface area contributed by atoms with Crippen molar-refractivity contribution >= 4 is 17.5 Å². The first kappa shape index (κ1) is 10.2. The molecule has 0 saturated heterocycles. The molecule has 0 bridgehead atoms. The number of carbonyl (C=O) groups is 1. The summed E-state index contributed by atoms with van der Waals surface area (Å²) in [6, 6.07) is 8.12. The smallest absolute Gasteiger partial charge is 0.137 e. The van der Waals surface area contributed by atoms with Crippen LogP contribution in [0.15, 0.2) is 29.2 Å². The Morgan fingerprint density at radius 1 is 1.33 bits per heavy atom. The molecule has 0 aromatic heterocycles. The molecule has 0 spiro atoms. The fourth-order valence-corrected chi connectivity index (χ4v) is 2.72. The molecular formula is C11H8FNOS. The fourth-order valence-electron chi connectivity index (χ4n) is 1.49. The van der Waals surface area contributed by atoms with E-state index in [2.05, 4.69) is 6.07 Å². The van der Waals surface area contributed by atoms with Crippen LogP contribution in [0, 0.1) is 17.1 Å². The van der Waals surface area contributed by atoms with Crippen LogP contribution < -0.4 is 0 Å². The van der Waals surface area contributed by atoms with Gasteiger partial charge in [-0.2, -0.15) is 5.26 Å². The van der Waals surface area contributed by atoms with Gasteiger partial charge in [-0.3, -0.25) is 4.79 Å². The van der Waals surface area contributed by atoms with Crippen LogP contribution in [0.3, 0.4) is 0 Å². The van der Waals surface area contributed by atoms with Crippen molar-refractivity contribution in [3.05, 3.63) is 30.1 Å². The number of hydrogen-bond donors (Lipinski definition) is 0. The number of thioether (sulfide) groups is 1. The van der Waals surface area contributed by atoms with E-state index in [1.165, 1.54) is 23.9 Å². The molecule has 0 amide bonds. The Balaban J connectivity index is 2.12. The van der Waals surface area contributed by atoms with Gasteiger partial charge in [0.2, 0.25) is 0 Å². The van der Waals surface area contributed by atoms with Gasteiger partial charge in [-0.25, -0.2) is 4.39 Å². The number of ketones is 1. The summed E-state index contributed by atoms with van der Waals surface area (Å²) in [4.78, 5) is 11.7. The van der Waals surface area contributed by atoms with Crippen LogP contribution in [-0.2, 0) is 4.79 Å². The molecule has 1 aromatic carbocycles. The maximum absolute atomic E-state index is 12.6. The van der Waals surface area contributed by atoms with Crippen molar-refractivity contribution in [1.82, 2.24) is 0 Å². The average Bonchev–Trinajstić information content (AvgIpc) is 2.18. The minimum atomic E-state index is -0.616. The molecule has 0 radical (unpaired) electrons. The number of rotatable bonds is 2. The first-order chi connectivity index (χ1) is 7.13. The number of carbonyl (C=O) groups excluding carboxylic acids is 1. The zero-order chi connectivity index (χ0) is 10.9. The maximum atomic E-state index is 12.6. The van der Waals surface area contributed by atoms with Crippen molar-refractivity contribution in [2.24, 2.45) is 0 Å². The fraction of sp³-hybridized carbons (Fsp3) is 0.273. The third-order valence-electron chi connectivity index (χ3n) is 2.30. The lowest BCUT2D eigenvalue weighted by atomic mass is 9.84. The molecular weight excluding hydrogens is 213 g/mol. The van der Waals surface area contributed by atoms with Gasteiger partial charge >= 0.3 is 0 Å². The lowest BCUT2D eigenvalue weighted by Crippen LogP contribution is -2.39. The zero-order valence-electron chi connectivity index (χ0n) is 7.87. The van der Waals surface area contributed by atoms with Crippen molar-refractivity contribution in [1.29, 1.82) is 5.26 Å². The summed E-state index contributed by atoms with van der Waals surface area (Å²) in [6.07, 6.45) is 0.594. The quantitative estimate of drug-likeness (QED) is 0.770. The Morgan fingerprint density at radius 2 is 1.93 bits per heavy atom. The highest BCUT2D eigenvalue weighted by molar-refractivity contribution is 8.01. The van der Waals surface area contributed by atoms with Crippen LogP contribution in [0.2, 0.25) is 0 Å². The second-order valence-electron chi connectivity index (χ2n) is 3.55. The SMILES string of the molecule is N#CC1(Sc2ccc(F)cc2)CC(=O)C1. The summed E-state index contributed by atoms with van der Waals surface area (Å²) < 4.78 is 12.0. The zero-order valence-corrected chi connectivity index (χ0v) is 8.68. The Morgan fingerprint density at radius 3 is 2.40 bits per heavy atom. The molecule has 0 heterocycles. The second-order valence-corrected chi connectivity index (χ2v) is 5.01. The monoisotopic (exact) mass is 221 g/mol. The van der Waals surface area contributed by atoms with Gasteiger partial charge in [0.15, 0.2) is 0 Å². The summed E-state index contributed by atoms with van der Waals surface area (Å²) in [7, 11) is 0. The predicted molar refractivity (Wildman–Crippen MR) is 54.8 cm³/mol. The molecule has 1 saturated carbocycles. The summed E-state index contributed by atoms with van der Waals surface area (Å²) in [5.74, 6) is -0.179. The number of benzene rings is 1. The summed E-state index contributed by atoms with van der Waals surface area (Å²) in [6.45, 7) is 0. The Bertz CT molecular complexity index is 427. The highest BCUT2D eigenvalue weighted by atomic mass is 32.2. The van der Waals surface area contributed by atoms with Gasteiger partial charge < -0.3 is 0 Å². The Labute approximate surface area is 91.1 Å². The third kappa shape index (κ3) is 2.02. The van der Waals surface area contributed by atoms with E-state index >= 15 is 0 Å². The lowest BCUT2D eigenvalue weighted by Gasteiger charge is -2.32. The molecule has 15 heavy (non-hydrogen) atoms. The molecule has 0 unspecified atom stereocenters. The van der Waals surface area contributed by atoms with E-state index in [4.69, 9.17) is 5.26 Å². The third-order valence-corrected chi connectivity index (χ3v) is 3.57. The molecule has 2 rings (SSSR count). The predicted octanol–water partition coefficient (Wildman–Crippen LogP) is 2.54. The van der Waals surface area contributed by atoms with Crippen molar-refractivity contribution in [3.8, 4) is 6.07 Å². The first-order valence-corrected chi connectivity index (χ1v) is 5.33. The van der Waals surface area contributed by atoms with Crippen molar-refractivity contribution in [3.63, 3.8) is 0 Å². The van der Waals surface area contributed by atoms with Crippen LogP contribution in [0.5, 0.6) is 0 Å². The van der Waals surface area contributed by atoms with E-state index in [1.807, 2.05) is 0 Å². The van der Waals surface area contributed by atoms with E-state index in [1.54, 1.807) is 12.1 Å². The van der Waals surface area contributed by atoms with Gasteiger partial charge in [-0.1, -0.05) is 0 Å². The largest absolute Gasteiger partial charge is 0.300 e. The first-order valence-electron chi connectivity index (χ1n) is 4.51. The molecule has 1 aliphatic carbocycles. The van der Waals surface area contributed by atoms with E-state index in [-0.39, 0.29) is 11.6 Å². The topological polar surface area (TPSA) is 40.9 Å². The number of Topliss-reactive ketones (excluding diaryl/α,β-unsaturated/α-hetero) is 1. The van der Waals surface area contributed by atoms with Crippen LogP contribution in [0.1, 0.15) is 12.8 Å². The number of nitriles is 1. The van der Waals surface area contributed by atoms with Gasteiger partial charge in [0.1, 0.15) is 16.3 Å². The van der Waals surface area contributed by atoms with E-state index in [0.717, 1.165) is 4.90 Å². The van der Waals surface area contributed by atoms with Gasteiger partial charge in [-0.05, 0) is 24.3 Å². The number of nitrogens with zero attached hydrogens (tertiary/aromatic N) is 1. The highest BCUT2D eigenvalue weighted by Crippen LogP contribution is 2.45. The van der Waals surface area contributed by atoms with Crippen molar-refractivity contribution < 1.29 is 9.18 Å². The lowest BCUT2D eigenvalue weighted by molar-refractivity contribution is -0.124. The molecule has 1 fully saturated rings. The van der Waals surface area contributed by atoms with Gasteiger partial charge in [0.05, 0.1) is 6.07 Å². The van der Waals surface area contributed by atoms with Crippen LogP contribution in [0.4, 0.5) is 4.39 Å². The average molecular weight is 221 g/mol. The molecule has 0 aliphatic heterocycles. The number of halogens is 1. The van der Waals surface area contributed by atoms with E-state index in [9.17, 15) is 9.18 Å². The minimum Gasteiger partial charge on any atom is -0.300 e. The summed E-state index contributed by atoms with van der Waals surface area (Å²) in [5, 5.41) is 8.97. The van der Waals surface area contributed by atoms with E-state index in [0.29, 0.717) is 12.8 Å². The Hall–Kier alpha value is -1.34. The molecule has 4 heteroatoms. The minimum absolute atomic E-state index is 0.117. The molecule has 2 nitrogen and oxygen atoms in total. The molecule has 0 atom stereocenters. The number of hydrogen-bond acceptors (Lipinski definition) is 3. The Kier molecular flexibility index (Phi) is 2.49. The second kappa shape index (κ2) is 3.67.